The minimum Gasteiger partial charge on any atom is -0.352 e. The van der Waals surface area contributed by atoms with Gasteiger partial charge in [-0.15, -0.1) is 0 Å². The zero-order valence-corrected chi connectivity index (χ0v) is 13.4. The first-order valence-corrected chi connectivity index (χ1v) is 7.79. The molecule has 1 heterocycles. The molecule has 4 nitrogen and oxygen atoms in total. The van der Waals surface area contributed by atoms with Crippen molar-refractivity contribution < 1.29 is 4.79 Å². The second kappa shape index (κ2) is 7.57. The van der Waals surface area contributed by atoms with E-state index < -0.39 is 0 Å². The fraction of sp³-hybridized carbons (Fsp3) is 0.588. The molecule has 2 N–H and O–H groups in total. The van der Waals surface area contributed by atoms with Gasteiger partial charge < -0.3 is 15.5 Å². The second-order valence-corrected chi connectivity index (χ2v) is 6.30. The van der Waals surface area contributed by atoms with Gasteiger partial charge in [0.1, 0.15) is 0 Å². The Hall–Kier alpha value is -1.39. The number of nitrogens with zero attached hydrogens (tertiary/aromatic N) is 1. The number of rotatable bonds is 5. The van der Waals surface area contributed by atoms with Crippen LogP contribution in [0.2, 0.25) is 0 Å². The summed E-state index contributed by atoms with van der Waals surface area (Å²) in [5, 5.41) is 6.50. The lowest BCUT2D eigenvalue weighted by atomic mass is 9.92. The number of nitrogens with one attached hydrogen (secondary N) is 2. The largest absolute Gasteiger partial charge is 0.352 e. The summed E-state index contributed by atoms with van der Waals surface area (Å²) in [6.45, 7) is 4.61. The highest BCUT2D eigenvalue weighted by atomic mass is 16.1. The van der Waals surface area contributed by atoms with Gasteiger partial charge in [-0.3, -0.25) is 4.79 Å². The maximum Gasteiger partial charge on any atom is 0.223 e. The molecule has 1 aromatic rings. The molecule has 1 aliphatic rings. The summed E-state index contributed by atoms with van der Waals surface area (Å²) in [6.07, 6.45) is 1.88. The molecule has 116 valence electrons. The van der Waals surface area contributed by atoms with Crippen LogP contribution in [0.15, 0.2) is 24.3 Å². The minimum absolute atomic E-state index is 0.155. The molecule has 0 bridgehead atoms. The van der Waals surface area contributed by atoms with Gasteiger partial charge in [0.2, 0.25) is 5.91 Å². The lowest BCUT2D eigenvalue weighted by Gasteiger charge is -2.27. The first-order chi connectivity index (χ1) is 10.1. The molecule has 4 heteroatoms. The Bertz CT molecular complexity index is 473. The number of benzene rings is 1. The first kappa shape index (κ1) is 16.0. The SMILES string of the molecule is CC1CC(C(=O)NCc2ccccc2CN(C)C)CCN1. The van der Waals surface area contributed by atoms with E-state index in [0.29, 0.717) is 12.6 Å². The summed E-state index contributed by atoms with van der Waals surface area (Å²) < 4.78 is 0. The Morgan fingerprint density at radius 2 is 2.05 bits per heavy atom. The molecule has 2 rings (SSSR count). The van der Waals surface area contributed by atoms with Crippen LogP contribution in [-0.2, 0) is 17.9 Å². The number of piperidine rings is 1. The third-order valence-electron chi connectivity index (χ3n) is 4.05. The van der Waals surface area contributed by atoms with E-state index in [9.17, 15) is 4.79 Å². The van der Waals surface area contributed by atoms with Gasteiger partial charge in [0.05, 0.1) is 0 Å². The lowest BCUT2D eigenvalue weighted by molar-refractivity contribution is -0.126. The van der Waals surface area contributed by atoms with Gasteiger partial charge >= 0.3 is 0 Å². The Balaban J connectivity index is 1.91. The van der Waals surface area contributed by atoms with Crippen LogP contribution in [0, 0.1) is 5.92 Å². The van der Waals surface area contributed by atoms with E-state index in [4.69, 9.17) is 0 Å². The highest BCUT2D eigenvalue weighted by Gasteiger charge is 2.24. The highest BCUT2D eigenvalue weighted by molar-refractivity contribution is 5.78. The standard InChI is InChI=1S/C17H27N3O/c1-13-10-14(8-9-18-13)17(21)19-11-15-6-4-5-7-16(15)12-20(2)3/h4-7,13-14,18H,8-12H2,1-3H3,(H,19,21). The van der Waals surface area contributed by atoms with E-state index >= 15 is 0 Å². The van der Waals surface area contributed by atoms with E-state index in [1.54, 1.807) is 0 Å². The van der Waals surface area contributed by atoms with Crippen LogP contribution >= 0.6 is 0 Å². The van der Waals surface area contributed by atoms with Crippen molar-refractivity contribution in [3.63, 3.8) is 0 Å². The van der Waals surface area contributed by atoms with E-state index in [1.165, 1.54) is 11.1 Å². The van der Waals surface area contributed by atoms with E-state index in [-0.39, 0.29) is 11.8 Å². The molecule has 1 amide bonds. The van der Waals surface area contributed by atoms with Crippen LogP contribution in [0.3, 0.4) is 0 Å². The molecule has 2 unspecified atom stereocenters. The maximum atomic E-state index is 12.3. The molecule has 0 spiro atoms. The van der Waals surface area contributed by atoms with Crippen LogP contribution in [0.4, 0.5) is 0 Å². The van der Waals surface area contributed by atoms with Crippen LogP contribution in [0.5, 0.6) is 0 Å². The fourth-order valence-corrected chi connectivity index (χ4v) is 2.92. The topological polar surface area (TPSA) is 44.4 Å². The zero-order chi connectivity index (χ0) is 15.2. The highest BCUT2D eigenvalue weighted by Crippen LogP contribution is 2.17. The summed E-state index contributed by atoms with van der Waals surface area (Å²) in [6, 6.07) is 8.76. The summed E-state index contributed by atoms with van der Waals surface area (Å²) in [5.74, 6) is 0.352. The molecule has 1 aliphatic heterocycles. The Morgan fingerprint density at radius 3 is 2.71 bits per heavy atom. The molecule has 1 saturated heterocycles. The first-order valence-electron chi connectivity index (χ1n) is 7.79. The molecular weight excluding hydrogens is 262 g/mol. The Labute approximate surface area is 127 Å². The third kappa shape index (κ3) is 4.83. The van der Waals surface area contributed by atoms with Crippen molar-refractivity contribution in [1.82, 2.24) is 15.5 Å². The van der Waals surface area contributed by atoms with Gasteiger partial charge in [0.15, 0.2) is 0 Å². The monoisotopic (exact) mass is 289 g/mol. The average Bonchev–Trinajstić information content (AvgIpc) is 2.45. The number of carbonyl (C=O) groups is 1. The van der Waals surface area contributed by atoms with Gasteiger partial charge in [-0.2, -0.15) is 0 Å². The molecule has 0 aromatic heterocycles. The Morgan fingerprint density at radius 1 is 1.33 bits per heavy atom. The summed E-state index contributed by atoms with van der Waals surface area (Å²) in [4.78, 5) is 14.4. The predicted molar refractivity (Wildman–Crippen MR) is 85.9 cm³/mol. The van der Waals surface area contributed by atoms with Crippen molar-refractivity contribution in [2.75, 3.05) is 20.6 Å². The minimum atomic E-state index is 0.155. The average molecular weight is 289 g/mol. The fourth-order valence-electron chi connectivity index (χ4n) is 2.92. The smallest absolute Gasteiger partial charge is 0.223 e. The van der Waals surface area contributed by atoms with Crippen LogP contribution in [-0.4, -0.2) is 37.5 Å². The van der Waals surface area contributed by atoms with E-state index in [1.807, 2.05) is 6.07 Å². The van der Waals surface area contributed by atoms with Gasteiger partial charge in [-0.05, 0) is 51.5 Å². The summed E-state index contributed by atoms with van der Waals surface area (Å²) >= 11 is 0. The Kier molecular flexibility index (Phi) is 5.76. The van der Waals surface area contributed by atoms with Crippen LogP contribution < -0.4 is 10.6 Å². The zero-order valence-electron chi connectivity index (χ0n) is 13.4. The van der Waals surface area contributed by atoms with Crippen molar-refractivity contribution in [1.29, 1.82) is 0 Å². The predicted octanol–water partition coefficient (Wildman–Crippen LogP) is 1.75. The number of amides is 1. The molecule has 21 heavy (non-hydrogen) atoms. The molecule has 2 atom stereocenters. The number of hydrogen-bond donors (Lipinski definition) is 2. The van der Waals surface area contributed by atoms with Crippen molar-refractivity contribution in [3.05, 3.63) is 35.4 Å². The molecule has 1 fully saturated rings. The molecule has 0 aliphatic carbocycles. The van der Waals surface area contributed by atoms with Gasteiger partial charge in [-0.25, -0.2) is 0 Å². The van der Waals surface area contributed by atoms with Crippen molar-refractivity contribution in [3.8, 4) is 0 Å². The van der Waals surface area contributed by atoms with E-state index in [2.05, 4.69) is 54.8 Å². The van der Waals surface area contributed by atoms with Gasteiger partial charge in [0, 0.05) is 25.0 Å². The molecule has 0 radical (unpaired) electrons. The quantitative estimate of drug-likeness (QED) is 0.868. The summed E-state index contributed by atoms with van der Waals surface area (Å²) in [5.41, 5.74) is 2.49. The number of carbonyl (C=O) groups excluding carboxylic acids is 1. The molecular formula is C17H27N3O. The number of hydrogen-bond acceptors (Lipinski definition) is 3. The van der Waals surface area contributed by atoms with Gasteiger partial charge in [-0.1, -0.05) is 24.3 Å². The normalized spacial score (nSPS) is 22.3. The third-order valence-corrected chi connectivity index (χ3v) is 4.05. The van der Waals surface area contributed by atoms with Crippen LogP contribution in [0.25, 0.3) is 0 Å². The van der Waals surface area contributed by atoms with Crippen molar-refractivity contribution in [2.45, 2.75) is 38.9 Å². The second-order valence-electron chi connectivity index (χ2n) is 6.30. The summed E-state index contributed by atoms with van der Waals surface area (Å²) in [7, 11) is 4.12. The van der Waals surface area contributed by atoms with Gasteiger partial charge in [0.25, 0.3) is 0 Å². The van der Waals surface area contributed by atoms with E-state index in [0.717, 1.165) is 25.9 Å². The lowest BCUT2D eigenvalue weighted by Crippen LogP contribution is -2.42. The van der Waals surface area contributed by atoms with Crippen LogP contribution in [0.1, 0.15) is 30.9 Å². The maximum absolute atomic E-state index is 12.3. The van der Waals surface area contributed by atoms with Crippen molar-refractivity contribution in [2.24, 2.45) is 5.92 Å². The molecule has 0 saturated carbocycles. The molecule has 1 aromatic carbocycles. The van der Waals surface area contributed by atoms with Crippen molar-refractivity contribution >= 4 is 5.91 Å².